The van der Waals surface area contributed by atoms with E-state index in [1.807, 2.05) is 30.3 Å². The van der Waals surface area contributed by atoms with Gasteiger partial charge in [-0.25, -0.2) is 0 Å². The van der Waals surface area contributed by atoms with E-state index >= 15 is 0 Å². The Kier molecular flexibility index (Phi) is 6.73. The molecule has 0 saturated heterocycles. The van der Waals surface area contributed by atoms with Crippen LogP contribution in [-0.2, 0) is 20.7 Å². The first-order valence-corrected chi connectivity index (χ1v) is 8.02. The van der Waals surface area contributed by atoms with Gasteiger partial charge in [-0.3, -0.25) is 9.59 Å². The molecule has 0 saturated carbocycles. The van der Waals surface area contributed by atoms with Crippen molar-refractivity contribution in [3.05, 3.63) is 65.9 Å². The van der Waals surface area contributed by atoms with Gasteiger partial charge < -0.3 is 25.2 Å². The molecule has 3 N–H and O–H groups in total. The van der Waals surface area contributed by atoms with Gasteiger partial charge in [0, 0.05) is 11.4 Å². The first-order valence-electron chi connectivity index (χ1n) is 8.02. The predicted octanol–water partition coefficient (Wildman–Crippen LogP) is 2.86. The van der Waals surface area contributed by atoms with Crippen molar-refractivity contribution in [3.63, 3.8) is 0 Å². The Morgan fingerprint density at radius 3 is 2.46 bits per heavy atom. The zero-order chi connectivity index (χ0) is 18.9. The maximum absolute atomic E-state index is 12.1. The van der Waals surface area contributed by atoms with Crippen LogP contribution >= 0.6 is 0 Å². The van der Waals surface area contributed by atoms with E-state index in [1.54, 1.807) is 26.0 Å². The monoisotopic (exact) mass is 355 g/mol. The average molecular weight is 355 g/mol. The zero-order valence-corrected chi connectivity index (χ0v) is 14.7. The fourth-order valence-electron chi connectivity index (χ4n) is 2.20. The summed E-state index contributed by atoms with van der Waals surface area (Å²) in [6, 6.07) is 12.7. The SMILES string of the molecule is CC(=N)/C(NC(=O)COC(=O)Cc1ccco1)=C(/C)Nc1ccccc1. The number of allylic oxidation sites excluding steroid dienone is 2. The summed E-state index contributed by atoms with van der Waals surface area (Å²) in [5.74, 6) is -0.617. The van der Waals surface area contributed by atoms with Crippen LogP contribution in [0.15, 0.2) is 64.5 Å². The normalized spacial score (nSPS) is 11.3. The second kappa shape index (κ2) is 9.22. The number of furan rings is 1. The van der Waals surface area contributed by atoms with E-state index in [2.05, 4.69) is 10.6 Å². The summed E-state index contributed by atoms with van der Waals surface area (Å²) >= 11 is 0. The van der Waals surface area contributed by atoms with E-state index in [0.29, 0.717) is 17.2 Å². The molecule has 0 radical (unpaired) electrons. The Balaban J connectivity index is 1.91. The minimum absolute atomic E-state index is 0.0405. The van der Waals surface area contributed by atoms with Gasteiger partial charge in [0.15, 0.2) is 6.61 Å². The van der Waals surface area contributed by atoms with Crippen molar-refractivity contribution in [2.75, 3.05) is 11.9 Å². The number of hydrogen-bond acceptors (Lipinski definition) is 6. The third kappa shape index (κ3) is 5.94. The molecule has 7 heteroatoms. The molecule has 136 valence electrons. The van der Waals surface area contributed by atoms with Gasteiger partial charge in [0.2, 0.25) is 0 Å². The molecule has 0 unspecified atom stereocenters. The number of esters is 1. The summed E-state index contributed by atoms with van der Waals surface area (Å²) in [5.41, 5.74) is 1.96. The van der Waals surface area contributed by atoms with Crippen molar-refractivity contribution >= 4 is 23.3 Å². The Bertz CT molecular complexity index is 795. The summed E-state index contributed by atoms with van der Waals surface area (Å²) < 4.78 is 9.98. The molecule has 0 atom stereocenters. The number of carbonyl (C=O) groups is 2. The van der Waals surface area contributed by atoms with Crippen LogP contribution in [0.1, 0.15) is 19.6 Å². The van der Waals surface area contributed by atoms with Crippen molar-refractivity contribution in [1.29, 1.82) is 5.41 Å². The second-order valence-corrected chi connectivity index (χ2v) is 5.58. The second-order valence-electron chi connectivity index (χ2n) is 5.58. The van der Waals surface area contributed by atoms with Gasteiger partial charge in [0.1, 0.15) is 12.2 Å². The van der Waals surface area contributed by atoms with E-state index in [1.165, 1.54) is 6.26 Å². The highest BCUT2D eigenvalue weighted by atomic mass is 16.5. The van der Waals surface area contributed by atoms with Crippen LogP contribution in [0.25, 0.3) is 0 Å². The first kappa shape index (κ1) is 19.0. The van der Waals surface area contributed by atoms with Crippen LogP contribution in [-0.4, -0.2) is 24.2 Å². The maximum atomic E-state index is 12.1. The Morgan fingerprint density at radius 2 is 1.85 bits per heavy atom. The van der Waals surface area contributed by atoms with E-state index in [4.69, 9.17) is 14.6 Å². The van der Waals surface area contributed by atoms with Gasteiger partial charge in [-0.15, -0.1) is 0 Å². The lowest BCUT2D eigenvalue weighted by molar-refractivity contribution is -0.147. The van der Waals surface area contributed by atoms with Crippen molar-refractivity contribution in [1.82, 2.24) is 5.32 Å². The lowest BCUT2D eigenvalue weighted by Gasteiger charge is -2.15. The van der Waals surface area contributed by atoms with Gasteiger partial charge in [0.25, 0.3) is 5.91 Å². The molecule has 1 aromatic heterocycles. The summed E-state index contributed by atoms with van der Waals surface area (Å²) in [7, 11) is 0. The molecule has 2 aromatic rings. The molecule has 1 heterocycles. The van der Waals surface area contributed by atoms with Gasteiger partial charge >= 0.3 is 5.97 Å². The standard InChI is InChI=1S/C19H21N3O4/c1-13(20)19(14(2)21-15-7-4-3-5-8-15)22-17(23)12-26-18(24)11-16-9-6-10-25-16/h3-10,20-21H,11-12H2,1-2H3,(H,22,23)/b19-14+,20-13?. The van der Waals surface area contributed by atoms with E-state index in [0.717, 1.165) is 5.69 Å². The molecule has 0 aliphatic rings. The Morgan fingerprint density at radius 1 is 1.12 bits per heavy atom. The van der Waals surface area contributed by atoms with Crippen LogP contribution in [0.2, 0.25) is 0 Å². The summed E-state index contributed by atoms with van der Waals surface area (Å²) in [5, 5.41) is 13.6. The summed E-state index contributed by atoms with van der Waals surface area (Å²) in [6.07, 6.45) is 1.42. The quantitative estimate of drug-likeness (QED) is 0.499. The number of amides is 1. The highest BCUT2D eigenvalue weighted by molar-refractivity contribution is 6.00. The number of carbonyl (C=O) groups excluding carboxylic acids is 2. The average Bonchev–Trinajstić information content (AvgIpc) is 3.11. The highest BCUT2D eigenvalue weighted by Gasteiger charge is 2.13. The van der Waals surface area contributed by atoms with E-state index in [9.17, 15) is 9.59 Å². The Hall–Kier alpha value is -3.35. The smallest absolute Gasteiger partial charge is 0.313 e. The topological polar surface area (TPSA) is 104 Å². The third-order valence-corrected chi connectivity index (χ3v) is 3.38. The molecule has 0 fully saturated rings. The fourth-order valence-corrected chi connectivity index (χ4v) is 2.20. The van der Waals surface area contributed by atoms with Gasteiger partial charge in [-0.1, -0.05) is 18.2 Å². The largest absolute Gasteiger partial charge is 0.469 e. The molecular formula is C19H21N3O4. The van der Waals surface area contributed by atoms with Crippen LogP contribution in [0, 0.1) is 5.41 Å². The predicted molar refractivity (Wildman–Crippen MR) is 97.7 cm³/mol. The molecule has 0 bridgehead atoms. The van der Waals surface area contributed by atoms with Crippen LogP contribution < -0.4 is 10.6 Å². The molecule has 0 aliphatic carbocycles. The third-order valence-electron chi connectivity index (χ3n) is 3.38. The molecule has 0 aliphatic heterocycles. The number of ether oxygens (including phenoxy) is 1. The number of benzene rings is 1. The molecule has 0 spiro atoms. The van der Waals surface area contributed by atoms with Crippen LogP contribution in [0.4, 0.5) is 5.69 Å². The van der Waals surface area contributed by atoms with Crippen LogP contribution in [0.3, 0.4) is 0 Å². The minimum atomic E-state index is -0.564. The lowest BCUT2D eigenvalue weighted by atomic mass is 10.2. The van der Waals surface area contributed by atoms with Crippen molar-refractivity contribution in [2.45, 2.75) is 20.3 Å². The minimum Gasteiger partial charge on any atom is -0.469 e. The Labute approximate surface area is 151 Å². The number of anilines is 1. The maximum Gasteiger partial charge on any atom is 0.313 e. The summed E-state index contributed by atoms with van der Waals surface area (Å²) in [4.78, 5) is 23.7. The molecule has 1 amide bonds. The molecule has 7 nitrogen and oxygen atoms in total. The van der Waals surface area contributed by atoms with Gasteiger partial charge in [0.05, 0.1) is 17.7 Å². The van der Waals surface area contributed by atoms with E-state index in [-0.39, 0.29) is 12.1 Å². The number of nitrogens with one attached hydrogen (secondary N) is 3. The zero-order valence-electron chi connectivity index (χ0n) is 14.7. The highest BCUT2D eigenvalue weighted by Crippen LogP contribution is 2.11. The molecule has 2 rings (SSSR count). The molecular weight excluding hydrogens is 334 g/mol. The lowest BCUT2D eigenvalue weighted by Crippen LogP contribution is -2.32. The molecule has 1 aromatic carbocycles. The van der Waals surface area contributed by atoms with Crippen molar-refractivity contribution in [3.8, 4) is 0 Å². The van der Waals surface area contributed by atoms with E-state index < -0.39 is 18.5 Å². The first-order chi connectivity index (χ1) is 12.5. The van der Waals surface area contributed by atoms with Crippen LogP contribution in [0.5, 0.6) is 0 Å². The van der Waals surface area contributed by atoms with Gasteiger partial charge in [-0.05, 0) is 38.1 Å². The fraction of sp³-hybridized carbons (Fsp3) is 0.211. The number of hydrogen-bond donors (Lipinski definition) is 3. The molecule has 26 heavy (non-hydrogen) atoms. The number of para-hydroxylation sites is 1. The number of rotatable bonds is 8. The summed E-state index contributed by atoms with van der Waals surface area (Å²) in [6.45, 7) is 2.88. The van der Waals surface area contributed by atoms with Gasteiger partial charge in [-0.2, -0.15) is 0 Å². The van der Waals surface area contributed by atoms with Crippen molar-refractivity contribution < 1.29 is 18.7 Å². The van der Waals surface area contributed by atoms with Crippen molar-refractivity contribution in [2.24, 2.45) is 0 Å².